The molecule has 1 aromatic carbocycles. The Morgan fingerprint density at radius 1 is 1.50 bits per heavy atom. The van der Waals surface area contributed by atoms with Crippen LogP contribution < -0.4 is 11.1 Å². The molecule has 3 N–H and O–H groups in total. The number of hydrogen-bond acceptors (Lipinski definition) is 3. The first kappa shape index (κ1) is 14.8. The minimum Gasteiger partial charge on any atom is -0.399 e. The van der Waals surface area contributed by atoms with Gasteiger partial charge in [-0.1, -0.05) is 6.92 Å². The number of rotatable bonds is 3. The van der Waals surface area contributed by atoms with Crippen molar-refractivity contribution in [1.82, 2.24) is 4.90 Å². The van der Waals surface area contributed by atoms with Crippen LogP contribution in [0.1, 0.15) is 27.2 Å². The molecule has 0 saturated carbocycles. The van der Waals surface area contributed by atoms with Crippen LogP contribution in [-0.4, -0.2) is 29.4 Å². The quantitative estimate of drug-likeness (QED) is 0.836. The van der Waals surface area contributed by atoms with Crippen molar-refractivity contribution in [1.29, 1.82) is 0 Å². The Balaban J connectivity index is 2.06. The molecule has 3 unspecified atom stereocenters. The zero-order valence-corrected chi connectivity index (χ0v) is 12.2. The maximum atomic E-state index is 13.6. The number of amides is 1. The molecule has 3 atom stereocenters. The second-order valence-corrected chi connectivity index (χ2v) is 5.79. The number of nitrogen functional groups attached to an aromatic ring is 1. The summed E-state index contributed by atoms with van der Waals surface area (Å²) in [6.07, 6.45) is 1.09. The van der Waals surface area contributed by atoms with Crippen LogP contribution in [0, 0.1) is 11.7 Å². The minimum atomic E-state index is -0.470. The van der Waals surface area contributed by atoms with Crippen LogP contribution >= 0.6 is 0 Å². The maximum Gasteiger partial charge on any atom is 0.241 e. The Labute approximate surface area is 119 Å². The molecular formula is C15H22FN3O. The average molecular weight is 279 g/mol. The van der Waals surface area contributed by atoms with Crippen molar-refractivity contribution in [2.24, 2.45) is 5.92 Å². The number of likely N-dealkylation sites (tertiary alicyclic amines) is 1. The van der Waals surface area contributed by atoms with E-state index in [-0.39, 0.29) is 17.6 Å². The lowest BCUT2D eigenvalue weighted by atomic mass is 10.1. The molecule has 1 amide bonds. The van der Waals surface area contributed by atoms with Gasteiger partial charge in [-0.05, 0) is 44.4 Å². The van der Waals surface area contributed by atoms with E-state index in [2.05, 4.69) is 24.1 Å². The Kier molecular flexibility index (Phi) is 4.28. The molecule has 0 radical (unpaired) electrons. The van der Waals surface area contributed by atoms with Gasteiger partial charge in [0.05, 0.1) is 11.7 Å². The van der Waals surface area contributed by atoms with Gasteiger partial charge in [0.2, 0.25) is 5.91 Å². The summed E-state index contributed by atoms with van der Waals surface area (Å²) >= 11 is 0. The minimum absolute atomic E-state index is 0.141. The van der Waals surface area contributed by atoms with Crippen molar-refractivity contribution < 1.29 is 9.18 Å². The second-order valence-electron chi connectivity index (χ2n) is 5.79. The van der Waals surface area contributed by atoms with Gasteiger partial charge in [0.15, 0.2) is 0 Å². The van der Waals surface area contributed by atoms with E-state index in [1.807, 2.05) is 6.92 Å². The summed E-state index contributed by atoms with van der Waals surface area (Å²) in [7, 11) is 0. The molecule has 1 aliphatic heterocycles. The Morgan fingerprint density at radius 2 is 2.20 bits per heavy atom. The summed E-state index contributed by atoms with van der Waals surface area (Å²) in [5.74, 6) is -0.0811. The zero-order valence-electron chi connectivity index (χ0n) is 12.2. The number of anilines is 2. The predicted molar refractivity (Wildman–Crippen MR) is 78.9 cm³/mol. The number of benzene rings is 1. The largest absolute Gasteiger partial charge is 0.399 e. The number of nitrogens with two attached hydrogens (primary N) is 1. The van der Waals surface area contributed by atoms with Crippen LogP contribution in [0.3, 0.4) is 0 Å². The van der Waals surface area contributed by atoms with Crippen LogP contribution in [0.4, 0.5) is 15.8 Å². The summed E-state index contributed by atoms with van der Waals surface area (Å²) in [4.78, 5) is 14.4. The summed E-state index contributed by atoms with van der Waals surface area (Å²) in [6, 6.07) is 4.26. The van der Waals surface area contributed by atoms with Gasteiger partial charge in [0.25, 0.3) is 0 Å². The molecule has 2 rings (SSSR count). The Bertz CT molecular complexity index is 506. The molecule has 1 saturated heterocycles. The van der Waals surface area contributed by atoms with E-state index in [0.29, 0.717) is 17.6 Å². The highest BCUT2D eigenvalue weighted by Crippen LogP contribution is 2.25. The van der Waals surface area contributed by atoms with Gasteiger partial charge in [-0.3, -0.25) is 9.69 Å². The normalized spacial score (nSPS) is 24.6. The van der Waals surface area contributed by atoms with Gasteiger partial charge >= 0.3 is 0 Å². The van der Waals surface area contributed by atoms with E-state index < -0.39 is 5.82 Å². The van der Waals surface area contributed by atoms with Gasteiger partial charge < -0.3 is 11.1 Å². The number of carbonyl (C=O) groups is 1. The van der Waals surface area contributed by atoms with Gasteiger partial charge in [-0.25, -0.2) is 4.39 Å². The van der Waals surface area contributed by atoms with E-state index in [9.17, 15) is 9.18 Å². The first-order valence-corrected chi connectivity index (χ1v) is 7.00. The van der Waals surface area contributed by atoms with Crippen molar-refractivity contribution in [3.63, 3.8) is 0 Å². The van der Waals surface area contributed by atoms with Crippen LogP contribution in [0.2, 0.25) is 0 Å². The lowest BCUT2D eigenvalue weighted by molar-refractivity contribution is -0.121. The molecule has 5 heteroatoms. The summed E-state index contributed by atoms with van der Waals surface area (Å²) in [5.41, 5.74) is 6.18. The fraction of sp³-hybridized carbons (Fsp3) is 0.533. The first-order chi connectivity index (χ1) is 9.38. The van der Waals surface area contributed by atoms with Crippen molar-refractivity contribution >= 4 is 17.3 Å². The molecule has 0 spiro atoms. The highest BCUT2D eigenvalue weighted by molar-refractivity contribution is 5.95. The average Bonchev–Trinajstić information content (AvgIpc) is 2.72. The van der Waals surface area contributed by atoms with Crippen molar-refractivity contribution in [2.75, 3.05) is 17.6 Å². The van der Waals surface area contributed by atoms with Gasteiger partial charge in [0, 0.05) is 18.3 Å². The molecule has 1 fully saturated rings. The fourth-order valence-electron chi connectivity index (χ4n) is 2.90. The maximum absolute atomic E-state index is 13.6. The van der Waals surface area contributed by atoms with Crippen LogP contribution in [0.5, 0.6) is 0 Å². The molecular weight excluding hydrogens is 257 g/mol. The molecule has 0 bridgehead atoms. The lowest BCUT2D eigenvalue weighted by Gasteiger charge is -2.27. The third-order valence-corrected chi connectivity index (χ3v) is 3.96. The van der Waals surface area contributed by atoms with E-state index in [4.69, 9.17) is 5.73 Å². The molecule has 110 valence electrons. The van der Waals surface area contributed by atoms with Crippen LogP contribution in [0.15, 0.2) is 18.2 Å². The standard InChI is InChI=1S/C15H22FN3O/c1-9-6-10(2)19(8-9)11(3)15(20)18-14-7-12(17)4-5-13(14)16/h4-5,7,9-11H,6,8,17H2,1-3H3,(H,18,20). The first-order valence-electron chi connectivity index (χ1n) is 7.00. The van der Waals surface area contributed by atoms with Crippen molar-refractivity contribution in [3.05, 3.63) is 24.0 Å². The third-order valence-electron chi connectivity index (χ3n) is 3.96. The zero-order chi connectivity index (χ0) is 14.9. The number of halogens is 1. The molecule has 0 aliphatic carbocycles. The highest BCUT2D eigenvalue weighted by atomic mass is 19.1. The summed E-state index contributed by atoms with van der Waals surface area (Å²) in [5, 5.41) is 2.63. The number of nitrogens with one attached hydrogen (secondary N) is 1. The van der Waals surface area contributed by atoms with E-state index in [1.54, 1.807) is 0 Å². The molecule has 20 heavy (non-hydrogen) atoms. The van der Waals surface area contributed by atoms with E-state index >= 15 is 0 Å². The highest BCUT2D eigenvalue weighted by Gasteiger charge is 2.33. The second kappa shape index (κ2) is 5.79. The van der Waals surface area contributed by atoms with E-state index in [0.717, 1.165) is 13.0 Å². The topological polar surface area (TPSA) is 58.4 Å². The van der Waals surface area contributed by atoms with Gasteiger partial charge in [-0.2, -0.15) is 0 Å². The molecule has 1 heterocycles. The summed E-state index contributed by atoms with van der Waals surface area (Å²) in [6.45, 7) is 7.05. The number of hydrogen-bond donors (Lipinski definition) is 2. The van der Waals surface area contributed by atoms with Crippen molar-refractivity contribution in [2.45, 2.75) is 39.3 Å². The van der Waals surface area contributed by atoms with Crippen molar-refractivity contribution in [3.8, 4) is 0 Å². The predicted octanol–water partition coefficient (Wildman–Crippen LogP) is 2.47. The van der Waals surface area contributed by atoms with Crippen LogP contribution in [-0.2, 0) is 4.79 Å². The van der Waals surface area contributed by atoms with Gasteiger partial charge in [-0.15, -0.1) is 0 Å². The fourth-order valence-corrected chi connectivity index (χ4v) is 2.90. The monoisotopic (exact) mass is 279 g/mol. The molecule has 1 aromatic rings. The van der Waals surface area contributed by atoms with E-state index in [1.165, 1.54) is 18.2 Å². The lowest BCUT2D eigenvalue weighted by Crippen LogP contribution is -2.44. The van der Waals surface area contributed by atoms with Crippen LogP contribution in [0.25, 0.3) is 0 Å². The SMILES string of the molecule is CC1CC(C)N(C(C)C(=O)Nc2cc(N)ccc2F)C1. The molecule has 1 aliphatic rings. The number of carbonyl (C=O) groups excluding carboxylic acids is 1. The smallest absolute Gasteiger partial charge is 0.241 e. The number of nitrogens with zero attached hydrogens (tertiary/aromatic N) is 1. The Hall–Kier alpha value is -1.62. The Morgan fingerprint density at radius 3 is 2.80 bits per heavy atom. The van der Waals surface area contributed by atoms with Gasteiger partial charge in [0.1, 0.15) is 5.82 Å². The molecule has 0 aromatic heterocycles. The summed E-state index contributed by atoms with van der Waals surface area (Å²) < 4.78 is 13.6. The third kappa shape index (κ3) is 3.10. The molecule has 4 nitrogen and oxygen atoms in total.